The molecule has 56 valence electrons. The Hall–Kier alpha value is -1.43. The summed E-state index contributed by atoms with van der Waals surface area (Å²) in [4.78, 5) is 10.5. The first-order valence-electron chi connectivity index (χ1n) is 2.57. The summed E-state index contributed by atoms with van der Waals surface area (Å²) in [6.07, 6.45) is 1.26. The van der Waals surface area contributed by atoms with Gasteiger partial charge in [-0.2, -0.15) is 4.98 Å². The van der Waals surface area contributed by atoms with Crippen molar-refractivity contribution in [3.05, 3.63) is 6.33 Å². The molecule has 1 aromatic heterocycles. The summed E-state index contributed by atoms with van der Waals surface area (Å²) in [5.74, 6) is 0.301. The van der Waals surface area contributed by atoms with Crippen LogP contribution in [0.5, 0.6) is 0 Å². The highest BCUT2D eigenvalue weighted by Gasteiger charge is 1.86. The fraction of sp³-hybridized carbons (Fsp3) is 0.250. The van der Waals surface area contributed by atoms with Crippen LogP contribution in [0, 0.1) is 0 Å². The van der Waals surface area contributed by atoms with Crippen molar-refractivity contribution in [2.75, 3.05) is 18.5 Å². The molecule has 0 aliphatic rings. The van der Waals surface area contributed by atoms with E-state index in [1.54, 1.807) is 0 Å². The largest absolute Gasteiger partial charge is 0.368 e. The molecule has 1 rings (SSSR count). The van der Waals surface area contributed by atoms with E-state index in [4.69, 9.17) is 11.5 Å². The molecule has 10 heavy (non-hydrogen) atoms. The summed E-state index contributed by atoms with van der Waals surface area (Å²) in [7, 11) is 1.50. The molecule has 0 aliphatic heterocycles. The van der Waals surface area contributed by atoms with Gasteiger partial charge in [0.15, 0.2) is 0 Å². The average molecular weight is 142 g/mol. The fourth-order valence-corrected chi connectivity index (χ4v) is 0.322. The van der Waals surface area contributed by atoms with Gasteiger partial charge in [0, 0.05) is 0 Å². The van der Waals surface area contributed by atoms with Gasteiger partial charge in [0.05, 0.1) is 0 Å². The number of hydrogen-bond acceptors (Lipinski definition) is 6. The van der Waals surface area contributed by atoms with Crippen LogP contribution in [0.4, 0.5) is 11.9 Å². The number of hydrogen-bond donors (Lipinski definition) is 3. The Labute approximate surface area is 58.5 Å². The third kappa shape index (κ3) is 2.78. The molecule has 0 unspecified atom stereocenters. The Bertz CT molecular complexity index is 170. The van der Waals surface area contributed by atoms with Crippen molar-refractivity contribution >= 4 is 11.9 Å². The van der Waals surface area contributed by atoms with Gasteiger partial charge in [-0.15, -0.1) is 0 Å². The maximum atomic E-state index is 5.12. The van der Waals surface area contributed by atoms with E-state index in [0.29, 0.717) is 0 Å². The molecule has 0 aliphatic carbocycles. The number of nitrogens with zero attached hydrogens (tertiary/aromatic N) is 3. The zero-order valence-corrected chi connectivity index (χ0v) is 5.65. The van der Waals surface area contributed by atoms with Crippen molar-refractivity contribution in [2.24, 2.45) is 5.73 Å². The van der Waals surface area contributed by atoms with Crippen LogP contribution in [0.1, 0.15) is 0 Å². The molecule has 6 N–H and O–H groups in total. The highest BCUT2D eigenvalue weighted by molar-refractivity contribution is 5.22. The second kappa shape index (κ2) is 4.45. The molecule has 0 saturated heterocycles. The lowest BCUT2D eigenvalue weighted by molar-refractivity contribution is 1.08. The van der Waals surface area contributed by atoms with Crippen LogP contribution in [0.3, 0.4) is 0 Å². The summed E-state index contributed by atoms with van der Waals surface area (Å²) in [6, 6.07) is 0. The molecular weight excluding hydrogens is 132 g/mol. The van der Waals surface area contributed by atoms with Crippen LogP contribution in [0.15, 0.2) is 6.33 Å². The first kappa shape index (κ1) is 8.57. The Morgan fingerprint density at radius 1 is 1.10 bits per heavy atom. The summed E-state index contributed by atoms with van der Waals surface area (Å²) in [6.45, 7) is 0. The van der Waals surface area contributed by atoms with Crippen LogP contribution in [-0.2, 0) is 0 Å². The van der Waals surface area contributed by atoms with E-state index >= 15 is 0 Å². The van der Waals surface area contributed by atoms with Gasteiger partial charge in [0.1, 0.15) is 6.33 Å². The van der Waals surface area contributed by atoms with Crippen molar-refractivity contribution in [1.82, 2.24) is 15.0 Å². The normalized spacial score (nSPS) is 7.80. The number of rotatable bonds is 0. The highest BCUT2D eigenvalue weighted by Crippen LogP contribution is 1.88. The lowest BCUT2D eigenvalue weighted by Gasteiger charge is -1.88. The molecule has 0 radical (unpaired) electrons. The van der Waals surface area contributed by atoms with E-state index in [1.165, 1.54) is 13.4 Å². The highest BCUT2D eigenvalue weighted by atomic mass is 15.1. The van der Waals surface area contributed by atoms with Crippen LogP contribution in [0.2, 0.25) is 0 Å². The maximum absolute atomic E-state index is 5.12. The number of anilines is 2. The smallest absolute Gasteiger partial charge is 0.224 e. The van der Waals surface area contributed by atoms with Crippen LogP contribution in [0.25, 0.3) is 0 Å². The van der Waals surface area contributed by atoms with Gasteiger partial charge in [0.2, 0.25) is 11.9 Å². The van der Waals surface area contributed by atoms with Gasteiger partial charge >= 0.3 is 0 Å². The summed E-state index contributed by atoms with van der Waals surface area (Å²) in [5.41, 5.74) is 14.7. The third-order valence-corrected chi connectivity index (χ3v) is 0.609. The molecular formula is C4H10N6. The third-order valence-electron chi connectivity index (χ3n) is 0.609. The van der Waals surface area contributed by atoms with Crippen molar-refractivity contribution < 1.29 is 0 Å². The molecule has 0 bridgehead atoms. The molecule has 1 aromatic rings. The lowest BCUT2D eigenvalue weighted by Crippen LogP contribution is -2.00. The van der Waals surface area contributed by atoms with Gasteiger partial charge in [-0.3, -0.25) is 0 Å². The first-order chi connectivity index (χ1) is 4.79. The monoisotopic (exact) mass is 142 g/mol. The number of nitrogen functional groups attached to an aromatic ring is 2. The minimum Gasteiger partial charge on any atom is -0.368 e. The molecule has 0 saturated carbocycles. The minimum absolute atomic E-state index is 0.150. The Morgan fingerprint density at radius 3 is 1.70 bits per heavy atom. The number of aromatic nitrogens is 3. The minimum atomic E-state index is 0.150. The predicted molar refractivity (Wildman–Crippen MR) is 38.8 cm³/mol. The van der Waals surface area contributed by atoms with Crippen LogP contribution >= 0.6 is 0 Å². The zero-order valence-electron chi connectivity index (χ0n) is 5.65. The van der Waals surface area contributed by atoms with Crippen molar-refractivity contribution in [2.45, 2.75) is 0 Å². The Kier molecular flexibility index (Phi) is 3.81. The van der Waals surface area contributed by atoms with E-state index in [9.17, 15) is 0 Å². The van der Waals surface area contributed by atoms with E-state index < -0.39 is 0 Å². The van der Waals surface area contributed by atoms with Gasteiger partial charge in [-0.05, 0) is 7.05 Å². The molecule has 0 amide bonds. The Balaban J connectivity index is 0.000000371. The molecule has 6 heteroatoms. The fourth-order valence-electron chi connectivity index (χ4n) is 0.322. The average Bonchev–Trinajstić information content (AvgIpc) is 1.91. The lowest BCUT2D eigenvalue weighted by atomic mass is 10.9. The summed E-state index contributed by atoms with van der Waals surface area (Å²) in [5, 5.41) is 0. The summed E-state index contributed by atoms with van der Waals surface area (Å²) < 4.78 is 0. The van der Waals surface area contributed by atoms with Crippen molar-refractivity contribution in [1.29, 1.82) is 0 Å². The first-order valence-corrected chi connectivity index (χ1v) is 2.57. The predicted octanol–water partition coefficient (Wildman–Crippen LogP) is -1.39. The van der Waals surface area contributed by atoms with Gasteiger partial charge in [-0.25, -0.2) is 9.97 Å². The van der Waals surface area contributed by atoms with Crippen LogP contribution < -0.4 is 17.2 Å². The second-order valence-electron chi connectivity index (χ2n) is 1.20. The van der Waals surface area contributed by atoms with E-state index in [1.807, 2.05) is 0 Å². The maximum Gasteiger partial charge on any atom is 0.224 e. The molecule has 0 aromatic carbocycles. The molecule has 0 atom stereocenters. The van der Waals surface area contributed by atoms with Crippen LogP contribution in [-0.4, -0.2) is 22.0 Å². The second-order valence-corrected chi connectivity index (χ2v) is 1.20. The topological polar surface area (TPSA) is 117 Å². The van der Waals surface area contributed by atoms with Gasteiger partial charge in [-0.1, -0.05) is 0 Å². The SMILES string of the molecule is CN.Nc1ncnc(N)n1. The Morgan fingerprint density at radius 2 is 1.50 bits per heavy atom. The van der Waals surface area contributed by atoms with Gasteiger partial charge in [0.25, 0.3) is 0 Å². The van der Waals surface area contributed by atoms with Crippen molar-refractivity contribution in [3.8, 4) is 0 Å². The number of nitrogens with two attached hydrogens (primary N) is 3. The summed E-state index contributed by atoms with van der Waals surface area (Å²) >= 11 is 0. The van der Waals surface area contributed by atoms with E-state index in [0.717, 1.165) is 0 Å². The molecule has 6 nitrogen and oxygen atoms in total. The van der Waals surface area contributed by atoms with Gasteiger partial charge < -0.3 is 17.2 Å². The molecule has 1 heterocycles. The molecule has 0 fully saturated rings. The van der Waals surface area contributed by atoms with E-state index in [2.05, 4.69) is 20.7 Å². The molecule has 0 spiro atoms. The quantitative estimate of drug-likeness (QED) is 0.410. The standard InChI is InChI=1S/C3H5N5.CH5N/c4-2-6-1-7-3(5)8-2;1-2/h1H,(H4,4,5,6,7,8);2H2,1H3. The van der Waals surface area contributed by atoms with E-state index in [-0.39, 0.29) is 11.9 Å². The zero-order chi connectivity index (χ0) is 7.98. The van der Waals surface area contributed by atoms with Crippen molar-refractivity contribution in [3.63, 3.8) is 0 Å².